The van der Waals surface area contributed by atoms with E-state index in [1.807, 2.05) is 6.07 Å². The summed E-state index contributed by atoms with van der Waals surface area (Å²) >= 11 is 0. The van der Waals surface area contributed by atoms with Crippen LogP contribution in [0.5, 0.6) is 5.75 Å². The summed E-state index contributed by atoms with van der Waals surface area (Å²) in [6.07, 6.45) is 1.31. The minimum absolute atomic E-state index is 0.0798. The standard InChI is InChI=1S/C12H8N2O3/c15-8-3-1-7-2-4-11-13-6-10(12(16)17)14(11)9(7)5-8/h1-6,15H,(H,16,17). The molecule has 0 atom stereocenters. The normalized spacial score (nSPS) is 11.1. The Morgan fingerprint density at radius 1 is 1.24 bits per heavy atom. The van der Waals surface area contributed by atoms with Crippen LogP contribution in [0.25, 0.3) is 16.6 Å². The van der Waals surface area contributed by atoms with E-state index >= 15 is 0 Å². The van der Waals surface area contributed by atoms with Gasteiger partial charge in [0.05, 0.1) is 11.7 Å². The summed E-state index contributed by atoms with van der Waals surface area (Å²) < 4.78 is 1.51. The highest BCUT2D eigenvalue weighted by Crippen LogP contribution is 2.22. The molecule has 84 valence electrons. The number of fused-ring (bicyclic) bond motifs is 3. The number of aromatic nitrogens is 2. The number of phenols is 1. The number of nitrogens with zero attached hydrogens (tertiary/aromatic N) is 2. The highest BCUT2D eigenvalue weighted by atomic mass is 16.4. The molecule has 0 aliphatic rings. The Morgan fingerprint density at radius 3 is 2.76 bits per heavy atom. The maximum atomic E-state index is 11.1. The molecule has 5 nitrogen and oxygen atoms in total. The van der Waals surface area contributed by atoms with Crippen LogP contribution in [0, 0.1) is 0 Å². The van der Waals surface area contributed by atoms with Crippen LogP contribution in [-0.2, 0) is 0 Å². The van der Waals surface area contributed by atoms with Crippen molar-refractivity contribution in [3.63, 3.8) is 0 Å². The molecule has 17 heavy (non-hydrogen) atoms. The van der Waals surface area contributed by atoms with Crippen LogP contribution in [0.3, 0.4) is 0 Å². The second kappa shape index (κ2) is 3.21. The number of hydrogen-bond acceptors (Lipinski definition) is 3. The number of aromatic carboxylic acids is 1. The zero-order valence-corrected chi connectivity index (χ0v) is 8.66. The van der Waals surface area contributed by atoms with E-state index in [-0.39, 0.29) is 11.4 Å². The van der Waals surface area contributed by atoms with E-state index in [1.54, 1.807) is 18.2 Å². The van der Waals surface area contributed by atoms with Crippen molar-refractivity contribution in [2.45, 2.75) is 0 Å². The Morgan fingerprint density at radius 2 is 2.00 bits per heavy atom. The zero-order valence-electron chi connectivity index (χ0n) is 8.66. The van der Waals surface area contributed by atoms with Gasteiger partial charge in [-0.25, -0.2) is 9.78 Å². The van der Waals surface area contributed by atoms with Gasteiger partial charge in [-0.15, -0.1) is 0 Å². The van der Waals surface area contributed by atoms with Gasteiger partial charge in [0, 0.05) is 6.07 Å². The lowest BCUT2D eigenvalue weighted by Crippen LogP contribution is -2.02. The summed E-state index contributed by atoms with van der Waals surface area (Å²) in [6, 6.07) is 8.40. The summed E-state index contributed by atoms with van der Waals surface area (Å²) in [6.45, 7) is 0. The lowest BCUT2D eigenvalue weighted by atomic mass is 10.2. The average Bonchev–Trinajstić information content (AvgIpc) is 2.73. The van der Waals surface area contributed by atoms with Gasteiger partial charge in [-0.2, -0.15) is 0 Å². The van der Waals surface area contributed by atoms with Gasteiger partial charge >= 0.3 is 5.97 Å². The number of benzene rings is 1. The van der Waals surface area contributed by atoms with Crippen molar-refractivity contribution in [2.75, 3.05) is 0 Å². The molecule has 5 heteroatoms. The van der Waals surface area contributed by atoms with Gasteiger partial charge in [-0.3, -0.25) is 4.40 Å². The second-order valence-corrected chi connectivity index (χ2v) is 3.72. The van der Waals surface area contributed by atoms with E-state index in [9.17, 15) is 9.90 Å². The molecule has 0 bridgehead atoms. The average molecular weight is 228 g/mol. The van der Waals surface area contributed by atoms with Crippen LogP contribution >= 0.6 is 0 Å². The molecule has 0 saturated heterocycles. The molecule has 3 rings (SSSR count). The maximum Gasteiger partial charge on any atom is 0.354 e. The summed E-state index contributed by atoms with van der Waals surface area (Å²) in [5.41, 5.74) is 1.24. The first kappa shape index (κ1) is 9.65. The quantitative estimate of drug-likeness (QED) is 0.667. The third-order valence-electron chi connectivity index (χ3n) is 2.68. The number of hydrogen-bond donors (Lipinski definition) is 2. The Labute approximate surface area is 95.6 Å². The fourth-order valence-corrected chi connectivity index (χ4v) is 1.92. The fraction of sp³-hybridized carbons (Fsp3) is 0. The molecule has 2 aromatic heterocycles. The zero-order chi connectivity index (χ0) is 12.0. The SMILES string of the molecule is O=C(O)c1cnc2ccc3ccc(O)cc3n12. The molecule has 0 aliphatic heterocycles. The van der Waals surface area contributed by atoms with E-state index in [0.29, 0.717) is 11.2 Å². The predicted octanol–water partition coefficient (Wildman–Crippen LogP) is 1.89. The molecule has 2 N–H and O–H groups in total. The molecule has 1 aromatic carbocycles. The van der Waals surface area contributed by atoms with Gasteiger partial charge in [0.15, 0.2) is 5.69 Å². The Kier molecular flexibility index (Phi) is 1.82. The van der Waals surface area contributed by atoms with Crippen LogP contribution in [0.2, 0.25) is 0 Å². The monoisotopic (exact) mass is 228 g/mol. The summed E-state index contributed by atoms with van der Waals surface area (Å²) in [5.74, 6) is -0.955. The number of pyridine rings is 1. The number of carboxylic acid groups (broad SMARTS) is 1. The first-order chi connectivity index (χ1) is 8.16. The minimum atomic E-state index is -1.05. The van der Waals surface area contributed by atoms with Crippen molar-refractivity contribution in [1.82, 2.24) is 9.38 Å². The molecular weight excluding hydrogens is 220 g/mol. The second-order valence-electron chi connectivity index (χ2n) is 3.72. The Balaban J connectivity index is 2.55. The molecule has 0 amide bonds. The molecule has 0 spiro atoms. The topological polar surface area (TPSA) is 74.8 Å². The van der Waals surface area contributed by atoms with Crippen molar-refractivity contribution in [1.29, 1.82) is 0 Å². The number of aromatic hydroxyl groups is 1. The smallest absolute Gasteiger partial charge is 0.354 e. The highest BCUT2D eigenvalue weighted by Gasteiger charge is 2.12. The minimum Gasteiger partial charge on any atom is -0.508 e. The molecule has 0 unspecified atom stereocenters. The number of imidazole rings is 1. The van der Waals surface area contributed by atoms with Crippen molar-refractivity contribution < 1.29 is 15.0 Å². The van der Waals surface area contributed by atoms with Crippen molar-refractivity contribution >= 4 is 22.5 Å². The van der Waals surface area contributed by atoms with E-state index in [4.69, 9.17) is 5.11 Å². The number of phenolic OH excluding ortho intramolecular Hbond substituents is 1. The number of carboxylic acids is 1. The van der Waals surface area contributed by atoms with Gasteiger partial charge in [-0.05, 0) is 29.7 Å². The summed E-state index contributed by atoms with van der Waals surface area (Å²) in [5, 5.41) is 19.4. The van der Waals surface area contributed by atoms with Crippen molar-refractivity contribution in [2.24, 2.45) is 0 Å². The van der Waals surface area contributed by atoms with E-state index in [2.05, 4.69) is 4.98 Å². The van der Waals surface area contributed by atoms with Crippen LogP contribution in [0.1, 0.15) is 10.5 Å². The van der Waals surface area contributed by atoms with E-state index < -0.39 is 5.97 Å². The molecule has 0 fully saturated rings. The van der Waals surface area contributed by atoms with Crippen LogP contribution in [-0.4, -0.2) is 25.6 Å². The first-order valence-electron chi connectivity index (χ1n) is 4.99. The third kappa shape index (κ3) is 1.32. The Hall–Kier alpha value is -2.56. The van der Waals surface area contributed by atoms with Crippen LogP contribution in [0.4, 0.5) is 0 Å². The molecule has 0 radical (unpaired) electrons. The number of rotatable bonds is 1. The number of carbonyl (C=O) groups is 1. The lowest BCUT2D eigenvalue weighted by Gasteiger charge is -2.04. The summed E-state index contributed by atoms with van der Waals surface area (Å²) in [7, 11) is 0. The van der Waals surface area contributed by atoms with Gasteiger partial charge in [-0.1, -0.05) is 0 Å². The molecule has 0 saturated carbocycles. The third-order valence-corrected chi connectivity index (χ3v) is 2.68. The molecule has 2 heterocycles. The predicted molar refractivity (Wildman–Crippen MR) is 61.3 cm³/mol. The Bertz CT molecular complexity index is 746. The molecular formula is C12H8N2O3. The molecule has 0 aliphatic carbocycles. The van der Waals surface area contributed by atoms with Gasteiger partial charge in [0.1, 0.15) is 11.4 Å². The largest absolute Gasteiger partial charge is 0.508 e. The van der Waals surface area contributed by atoms with E-state index in [0.717, 1.165) is 5.39 Å². The van der Waals surface area contributed by atoms with Gasteiger partial charge in [0.2, 0.25) is 0 Å². The van der Waals surface area contributed by atoms with Crippen molar-refractivity contribution in [3.8, 4) is 5.75 Å². The summed E-state index contributed by atoms with van der Waals surface area (Å²) in [4.78, 5) is 15.1. The fourth-order valence-electron chi connectivity index (χ4n) is 1.92. The van der Waals surface area contributed by atoms with Crippen LogP contribution in [0.15, 0.2) is 36.5 Å². The van der Waals surface area contributed by atoms with Crippen molar-refractivity contribution in [3.05, 3.63) is 42.2 Å². The highest BCUT2D eigenvalue weighted by molar-refractivity contribution is 5.91. The van der Waals surface area contributed by atoms with Crippen LogP contribution < -0.4 is 0 Å². The molecule has 3 aromatic rings. The first-order valence-corrected chi connectivity index (χ1v) is 4.99. The van der Waals surface area contributed by atoms with Gasteiger partial charge < -0.3 is 10.2 Å². The van der Waals surface area contributed by atoms with E-state index in [1.165, 1.54) is 16.7 Å². The van der Waals surface area contributed by atoms with Gasteiger partial charge in [0.25, 0.3) is 0 Å². The lowest BCUT2D eigenvalue weighted by molar-refractivity contribution is 0.0690. The maximum absolute atomic E-state index is 11.1.